The van der Waals surface area contributed by atoms with Gasteiger partial charge in [0.25, 0.3) is 0 Å². The molecule has 0 atom stereocenters. The molecule has 24 heavy (non-hydrogen) atoms. The second kappa shape index (κ2) is 8.00. The maximum atomic E-state index is 12.4. The number of rotatable bonds is 5. The van der Waals surface area contributed by atoms with Gasteiger partial charge in [0.2, 0.25) is 5.91 Å². The van der Waals surface area contributed by atoms with E-state index in [1.54, 1.807) is 0 Å². The first kappa shape index (κ1) is 16.6. The zero-order valence-corrected chi connectivity index (χ0v) is 14.4. The Morgan fingerprint density at radius 1 is 0.875 bits per heavy atom. The lowest BCUT2D eigenvalue weighted by Gasteiger charge is -2.36. The summed E-state index contributed by atoms with van der Waals surface area (Å²) in [5.41, 5.74) is 3.85. The number of benzene rings is 2. The van der Waals surface area contributed by atoms with Crippen molar-refractivity contribution in [2.24, 2.45) is 0 Å². The van der Waals surface area contributed by atoms with Gasteiger partial charge in [0.1, 0.15) is 0 Å². The first-order chi connectivity index (χ1) is 11.8. The van der Waals surface area contributed by atoms with Gasteiger partial charge < -0.3 is 9.80 Å². The minimum absolute atomic E-state index is 0.280. The van der Waals surface area contributed by atoms with Crippen molar-refractivity contribution in [3.8, 4) is 0 Å². The molecule has 1 aliphatic rings. The van der Waals surface area contributed by atoms with Crippen LogP contribution in [0.2, 0.25) is 0 Å². The van der Waals surface area contributed by atoms with Crippen LogP contribution in [-0.2, 0) is 17.6 Å². The highest BCUT2D eigenvalue weighted by Crippen LogP contribution is 2.16. The lowest BCUT2D eigenvalue weighted by atomic mass is 10.1. The normalized spacial score (nSPS) is 14.7. The Bertz CT molecular complexity index is 643. The van der Waals surface area contributed by atoms with E-state index in [0.29, 0.717) is 6.42 Å². The molecule has 1 saturated heterocycles. The summed E-state index contributed by atoms with van der Waals surface area (Å²) in [6.07, 6.45) is 2.50. The SMILES string of the molecule is CCc1ccc(CCC(=O)N2CCN(c3ccccc3)CC2)cc1. The van der Waals surface area contributed by atoms with E-state index >= 15 is 0 Å². The summed E-state index contributed by atoms with van der Waals surface area (Å²) in [7, 11) is 0. The standard InChI is InChI=1S/C21H26N2O/c1-2-18-8-10-19(11-9-18)12-13-21(24)23-16-14-22(15-17-23)20-6-4-3-5-7-20/h3-11H,2,12-17H2,1H3. The number of carbonyl (C=O) groups excluding carboxylic acids is 1. The van der Waals surface area contributed by atoms with Crippen molar-refractivity contribution in [3.05, 3.63) is 65.7 Å². The first-order valence-corrected chi connectivity index (χ1v) is 8.92. The average Bonchev–Trinajstić information content (AvgIpc) is 2.67. The lowest BCUT2D eigenvalue weighted by Crippen LogP contribution is -2.48. The fraction of sp³-hybridized carbons (Fsp3) is 0.381. The number of carbonyl (C=O) groups is 1. The minimum Gasteiger partial charge on any atom is -0.368 e. The van der Waals surface area contributed by atoms with Gasteiger partial charge in [0.15, 0.2) is 0 Å². The summed E-state index contributed by atoms with van der Waals surface area (Å²) >= 11 is 0. The van der Waals surface area contributed by atoms with E-state index in [4.69, 9.17) is 0 Å². The average molecular weight is 322 g/mol. The topological polar surface area (TPSA) is 23.6 Å². The van der Waals surface area contributed by atoms with Gasteiger partial charge in [-0.15, -0.1) is 0 Å². The van der Waals surface area contributed by atoms with E-state index in [9.17, 15) is 4.79 Å². The first-order valence-electron chi connectivity index (χ1n) is 8.92. The third-order valence-corrected chi connectivity index (χ3v) is 4.81. The fourth-order valence-electron chi connectivity index (χ4n) is 3.20. The molecule has 1 amide bonds. The van der Waals surface area contributed by atoms with Gasteiger partial charge in [-0.2, -0.15) is 0 Å². The van der Waals surface area contributed by atoms with Crippen LogP contribution in [0.1, 0.15) is 24.5 Å². The smallest absolute Gasteiger partial charge is 0.223 e. The number of anilines is 1. The second-order valence-corrected chi connectivity index (χ2v) is 6.37. The molecular formula is C21H26N2O. The Labute approximate surface area is 144 Å². The molecule has 3 nitrogen and oxygen atoms in total. The summed E-state index contributed by atoms with van der Waals surface area (Å²) in [5.74, 6) is 0.280. The van der Waals surface area contributed by atoms with Crippen LogP contribution in [0, 0.1) is 0 Å². The highest BCUT2D eigenvalue weighted by Gasteiger charge is 2.20. The van der Waals surface area contributed by atoms with E-state index in [0.717, 1.165) is 39.0 Å². The van der Waals surface area contributed by atoms with Gasteiger partial charge in [0, 0.05) is 38.3 Å². The molecule has 2 aromatic rings. The highest BCUT2D eigenvalue weighted by molar-refractivity contribution is 5.76. The largest absolute Gasteiger partial charge is 0.368 e. The van der Waals surface area contributed by atoms with E-state index in [1.807, 2.05) is 11.0 Å². The third-order valence-electron chi connectivity index (χ3n) is 4.81. The summed E-state index contributed by atoms with van der Waals surface area (Å²) in [6, 6.07) is 19.1. The summed E-state index contributed by atoms with van der Waals surface area (Å²) in [5, 5.41) is 0. The van der Waals surface area contributed by atoms with Gasteiger partial charge in [0.05, 0.1) is 0 Å². The second-order valence-electron chi connectivity index (χ2n) is 6.37. The van der Waals surface area contributed by atoms with E-state index < -0.39 is 0 Å². The Hall–Kier alpha value is -2.29. The molecule has 0 unspecified atom stereocenters. The molecule has 0 spiro atoms. The molecule has 3 heteroatoms. The quantitative estimate of drug-likeness (QED) is 0.841. The molecular weight excluding hydrogens is 296 g/mol. The van der Waals surface area contributed by atoms with Gasteiger partial charge >= 0.3 is 0 Å². The van der Waals surface area contributed by atoms with Crippen LogP contribution in [0.15, 0.2) is 54.6 Å². The fourth-order valence-corrected chi connectivity index (χ4v) is 3.20. The van der Waals surface area contributed by atoms with Crippen LogP contribution in [0.25, 0.3) is 0 Å². The zero-order chi connectivity index (χ0) is 16.8. The molecule has 0 radical (unpaired) electrons. The monoisotopic (exact) mass is 322 g/mol. The third kappa shape index (κ3) is 4.16. The Balaban J connectivity index is 1.46. The van der Waals surface area contributed by atoms with Crippen molar-refractivity contribution < 1.29 is 4.79 Å². The molecule has 1 heterocycles. The van der Waals surface area contributed by atoms with Crippen LogP contribution in [0.4, 0.5) is 5.69 Å². The van der Waals surface area contributed by atoms with Crippen molar-refractivity contribution in [3.63, 3.8) is 0 Å². The van der Waals surface area contributed by atoms with Crippen molar-refractivity contribution >= 4 is 11.6 Å². The van der Waals surface area contributed by atoms with Gasteiger partial charge in [-0.25, -0.2) is 0 Å². The lowest BCUT2D eigenvalue weighted by molar-refractivity contribution is -0.131. The molecule has 3 rings (SSSR count). The number of aryl methyl sites for hydroxylation is 2. The molecule has 0 aliphatic carbocycles. The minimum atomic E-state index is 0.280. The van der Waals surface area contributed by atoms with Crippen molar-refractivity contribution in [2.75, 3.05) is 31.1 Å². The van der Waals surface area contributed by atoms with Crippen LogP contribution >= 0.6 is 0 Å². The predicted molar refractivity (Wildman–Crippen MR) is 99.4 cm³/mol. The van der Waals surface area contributed by atoms with E-state index in [1.165, 1.54) is 16.8 Å². The van der Waals surface area contributed by atoms with E-state index in [-0.39, 0.29) is 5.91 Å². The number of para-hydroxylation sites is 1. The summed E-state index contributed by atoms with van der Waals surface area (Å²) in [4.78, 5) is 16.8. The molecule has 1 fully saturated rings. The van der Waals surface area contributed by atoms with Crippen molar-refractivity contribution in [1.82, 2.24) is 4.90 Å². The highest BCUT2D eigenvalue weighted by atomic mass is 16.2. The Morgan fingerprint density at radius 2 is 1.50 bits per heavy atom. The number of nitrogens with zero attached hydrogens (tertiary/aromatic N) is 2. The maximum Gasteiger partial charge on any atom is 0.223 e. The molecule has 0 aromatic heterocycles. The molecule has 0 saturated carbocycles. The van der Waals surface area contributed by atoms with Gasteiger partial charge in [-0.3, -0.25) is 4.79 Å². The number of hydrogen-bond acceptors (Lipinski definition) is 2. The van der Waals surface area contributed by atoms with Crippen LogP contribution < -0.4 is 4.90 Å². The molecule has 0 N–H and O–H groups in total. The Morgan fingerprint density at radius 3 is 2.12 bits per heavy atom. The number of hydrogen-bond donors (Lipinski definition) is 0. The van der Waals surface area contributed by atoms with Crippen molar-refractivity contribution in [2.45, 2.75) is 26.2 Å². The Kier molecular flexibility index (Phi) is 5.52. The molecule has 2 aromatic carbocycles. The summed E-state index contributed by atoms with van der Waals surface area (Å²) in [6.45, 7) is 5.64. The molecule has 0 bridgehead atoms. The number of amides is 1. The predicted octanol–water partition coefficient (Wildman–Crippen LogP) is 3.53. The van der Waals surface area contributed by atoms with Crippen LogP contribution in [0.3, 0.4) is 0 Å². The summed E-state index contributed by atoms with van der Waals surface area (Å²) < 4.78 is 0. The zero-order valence-electron chi connectivity index (χ0n) is 14.4. The molecule has 126 valence electrons. The van der Waals surface area contributed by atoms with Crippen molar-refractivity contribution in [1.29, 1.82) is 0 Å². The van der Waals surface area contributed by atoms with Gasteiger partial charge in [-0.1, -0.05) is 49.4 Å². The number of piperazine rings is 1. The molecule has 1 aliphatic heterocycles. The van der Waals surface area contributed by atoms with Gasteiger partial charge in [-0.05, 0) is 36.1 Å². The maximum absolute atomic E-state index is 12.4. The van der Waals surface area contributed by atoms with Crippen LogP contribution in [-0.4, -0.2) is 37.0 Å². The van der Waals surface area contributed by atoms with E-state index in [2.05, 4.69) is 60.4 Å². The van der Waals surface area contributed by atoms with Crippen LogP contribution in [0.5, 0.6) is 0 Å².